The fourth-order valence-electron chi connectivity index (χ4n) is 1.11. The Morgan fingerprint density at radius 2 is 2.07 bits per heavy atom. The summed E-state index contributed by atoms with van der Waals surface area (Å²) >= 11 is 3.35. The van der Waals surface area contributed by atoms with E-state index in [4.69, 9.17) is 9.47 Å². The quantitative estimate of drug-likeness (QED) is 0.566. The molecule has 0 fully saturated rings. The van der Waals surface area contributed by atoms with Crippen LogP contribution in [0.3, 0.4) is 0 Å². The van der Waals surface area contributed by atoms with E-state index in [0.717, 1.165) is 42.8 Å². The maximum atomic E-state index is 5.52. The molecule has 0 aliphatic heterocycles. The van der Waals surface area contributed by atoms with Crippen molar-refractivity contribution in [2.24, 2.45) is 0 Å². The third-order valence-electron chi connectivity index (χ3n) is 1.95. The summed E-state index contributed by atoms with van der Waals surface area (Å²) in [6.07, 6.45) is 3.80. The highest BCUT2D eigenvalue weighted by atomic mass is 79.9. The molecule has 0 aliphatic carbocycles. The summed E-state index contributed by atoms with van der Waals surface area (Å²) in [6.45, 7) is 1.52. The van der Waals surface area contributed by atoms with Gasteiger partial charge in [-0.25, -0.2) is 0 Å². The zero-order chi connectivity index (χ0) is 10.9. The van der Waals surface area contributed by atoms with Gasteiger partial charge < -0.3 is 9.47 Å². The van der Waals surface area contributed by atoms with Gasteiger partial charge in [0.1, 0.15) is 5.75 Å². The second-order valence-electron chi connectivity index (χ2n) is 3.17. The van der Waals surface area contributed by atoms with Crippen LogP contribution in [-0.2, 0) is 10.1 Å². The molecule has 1 aromatic heterocycles. The van der Waals surface area contributed by atoms with Gasteiger partial charge in [0, 0.05) is 19.0 Å². The van der Waals surface area contributed by atoms with E-state index >= 15 is 0 Å². The first-order chi connectivity index (χ1) is 7.36. The van der Waals surface area contributed by atoms with Crippen molar-refractivity contribution in [1.29, 1.82) is 0 Å². The van der Waals surface area contributed by atoms with Gasteiger partial charge in [-0.15, -0.1) is 0 Å². The third-order valence-corrected chi connectivity index (χ3v) is 2.52. The molecule has 0 amide bonds. The minimum atomic E-state index is 0.721. The van der Waals surface area contributed by atoms with Gasteiger partial charge in [0.05, 0.1) is 18.5 Å². The van der Waals surface area contributed by atoms with Crippen molar-refractivity contribution < 1.29 is 9.47 Å². The Morgan fingerprint density at radius 3 is 2.67 bits per heavy atom. The number of halogens is 1. The molecule has 0 radical (unpaired) electrons. The summed E-state index contributed by atoms with van der Waals surface area (Å²) in [4.78, 5) is 4.22. The van der Waals surface area contributed by atoms with E-state index < -0.39 is 0 Å². The minimum absolute atomic E-state index is 0.721. The Labute approximate surface area is 98.9 Å². The van der Waals surface area contributed by atoms with Gasteiger partial charge in [0.15, 0.2) is 0 Å². The first-order valence-corrected chi connectivity index (χ1v) is 6.11. The number of rotatable bonds is 7. The molecular formula is C11H16BrNO2. The Kier molecular flexibility index (Phi) is 6.36. The molecule has 1 heterocycles. The standard InChI is InChI=1S/C11H16BrNO2/c1-14-6-2-3-7-15-11-5-4-10(8-12)13-9-11/h4-5,9H,2-3,6-8H2,1H3. The van der Waals surface area contributed by atoms with Gasteiger partial charge in [0.25, 0.3) is 0 Å². The van der Waals surface area contributed by atoms with Crippen molar-refractivity contribution in [3.8, 4) is 5.75 Å². The smallest absolute Gasteiger partial charge is 0.137 e. The number of pyridine rings is 1. The first kappa shape index (κ1) is 12.5. The van der Waals surface area contributed by atoms with E-state index in [2.05, 4.69) is 20.9 Å². The Morgan fingerprint density at radius 1 is 1.27 bits per heavy atom. The van der Waals surface area contributed by atoms with Crippen LogP contribution >= 0.6 is 15.9 Å². The second kappa shape index (κ2) is 7.65. The summed E-state index contributed by atoms with van der Waals surface area (Å²) in [7, 11) is 1.71. The topological polar surface area (TPSA) is 31.4 Å². The largest absolute Gasteiger partial charge is 0.492 e. The van der Waals surface area contributed by atoms with Gasteiger partial charge in [-0.05, 0) is 25.0 Å². The zero-order valence-electron chi connectivity index (χ0n) is 8.91. The van der Waals surface area contributed by atoms with Crippen molar-refractivity contribution in [2.75, 3.05) is 20.3 Å². The lowest BCUT2D eigenvalue weighted by Crippen LogP contribution is -2.00. The average Bonchev–Trinajstić information content (AvgIpc) is 2.30. The number of hydrogen-bond donors (Lipinski definition) is 0. The second-order valence-corrected chi connectivity index (χ2v) is 3.73. The molecule has 0 aromatic carbocycles. The number of hydrogen-bond acceptors (Lipinski definition) is 3. The number of unbranched alkanes of at least 4 members (excludes halogenated alkanes) is 1. The molecule has 0 saturated carbocycles. The molecule has 0 aliphatic rings. The van der Waals surface area contributed by atoms with Gasteiger partial charge >= 0.3 is 0 Å². The van der Waals surface area contributed by atoms with Crippen molar-refractivity contribution in [1.82, 2.24) is 4.98 Å². The Hall–Kier alpha value is -0.610. The van der Waals surface area contributed by atoms with E-state index in [0.29, 0.717) is 0 Å². The SMILES string of the molecule is COCCCCOc1ccc(CBr)nc1. The van der Waals surface area contributed by atoms with Gasteiger partial charge in [-0.1, -0.05) is 15.9 Å². The molecule has 4 heteroatoms. The molecule has 15 heavy (non-hydrogen) atoms. The summed E-state index contributed by atoms with van der Waals surface area (Å²) in [5.41, 5.74) is 1.02. The highest BCUT2D eigenvalue weighted by Gasteiger charge is 1.95. The summed E-state index contributed by atoms with van der Waals surface area (Å²) in [5.74, 6) is 0.831. The summed E-state index contributed by atoms with van der Waals surface area (Å²) < 4.78 is 10.5. The highest BCUT2D eigenvalue weighted by molar-refractivity contribution is 9.08. The molecule has 0 unspecified atom stereocenters. The molecule has 0 spiro atoms. The molecule has 1 aromatic rings. The van der Waals surface area contributed by atoms with Crippen molar-refractivity contribution in [2.45, 2.75) is 18.2 Å². The van der Waals surface area contributed by atoms with Gasteiger partial charge in [-0.3, -0.25) is 4.98 Å². The van der Waals surface area contributed by atoms with Crippen LogP contribution in [0.4, 0.5) is 0 Å². The lowest BCUT2D eigenvalue weighted by atomic mass is 10.3. The van der Waals surface area contributed by atoms with Crippen LogP contribution in [-0.4, -0.2) is 25.3 Å². The lowest BCUT2D eigenvalue weighted by molar-refractivity contribution is 0.184. The third kappa shape index (κ3) is 5.14. The number of alkyl halides is 1. The number of methoxy groups -OCH3 is 1. The van der Waals surface area contributed by atoms with Gasteiger partial charge in [-0.2, -0.15) is 0 Å². The molecule has 84 valence electrons. The van der Waals surface area contributed by atoms with Crippen LogP contribution in [0.15, 0.2) is 18.3 Å². The number of aromatic nitrogens is 1. The van der Waals surface area contributed by atoms with E-state index in [1.807, 2.05) is 12.1 Å². The van der Waals surface area contributed by atoms with Crippen molar-refractivity contribution >= 4 is 15.9 Å². The fourth-order valence-corrected chi connectivity index (χ4v) is 1.45. The summed E-state index contributed by atoms with van der Waals surface area (Å²) in [5, 5.41) is 0.779. The molecular weight excluding hydrogens is 258 g/mol. The van der Waals surface area contributed by atoms with Crippen molar-refractivity contribution in [3.05, 3.63) is 24.0 Å². The molecule has 0 atom stereocenters. The molecule has 0 saturated heterocycles. The van der Waals surface area contributed by atoms with E-state index in [1.54, 1.807) is 13.3 Å². The Bertz CT molecular complexity index is 264. The Balaban J connectivity index is 2.20. The molecule has 0 bridgehead atoms. The first-order valence-electron chi connectivity index (χ1n) is 4.99. The lowest BCUT2D eigenvalue weighted by Gasteiger charge is -2.05. The van der Waals surface area contributed by atoms with Crippen LogP contribution in [0.1, 0.15) is 18.5 Å². The van der Waals surface area contributed by atoms with E-state index in [9.17, 15) is 0 Å². The van der Waals surface area contributed by atoms with E-state index in [1.165, 1.54) is 0 Å². The van der Waals surface area contributed by atoms with Crippen LogP contribution < -0.4 is 4.74 Å². The van der Waals surface area contributed by atoms with Crippen LogP contribution in [0, 0.1) is 0 Å². The summed E-state index contributed by atoms with van der Waals surface area (Å²) in [6, 6.07) is 3.90. The molecule has 3 nitrogen and oxygen atoms in total. The van der Waals surface area contributed by atoms with E-state index in [-0.39, 0.29) is 0 Å². The van der Waals surface area contributed by atoms with Crippen molar-refractivity contribution in [3.63, 3.8) is 0 Å². The minimum Gasteiger partial charge on any atom is -0.492 e. The maximum Gasteiger partial charge on any atom is 0.137 e. The molecule has 1 rings (SSSR count). The normalized spacial score (nSPS) is 10.3. The maximum absolute atomic E-state index is 5.52. The predicted octanol–water partition coefficient (Wildman–Crippen LogP) is 2.78. The van der Waals surface area contributed by atoms with Crippen LogP contribution in [0.5, 0.6) is 5.75 Å². The zero-order valence-corrected chi connectivity index (χ0v) is 10.5. The monoisotopic (exact) mass is 273 g/mol. The van der Waals surface area contributed by atoms with Gasteiger partial charge in [0.2, 0.25) is 0 Å². The highest BCUT2D eigenvalue weighted by Crippen LogP contribution is 2.11. The fraction of sp³-hybridized carbons (Fsp3) is 0.545. The number of nitrogens with zero attached hydrogens (tertiary/aromatic N) is 1. The van der Waals surface area contributed by atoms with Crippen LogP contribution in [0.25, 0.3) is 0 Å². The van der Waals surface area contributed by atoms with Crippen LogP contribution in [0.2, 0.25) is 0 Å². The predicted molar refractivity (Wildman–Crippen MR) is 63.5 cm³/mol. The molecule has 0 N–H and O–H groups in total. The number of ether oxygens (including phenoxy) is 2. The average molecular weight is 274 g/mol.